The second-order valence-electron chi connectivity index (χ2n) is 4.33. The second-order valence-corrected chi connectivity index (χ2v) is 5.39. The van der Waals surface area contributed by atoms with Gasteiger partial charge in [0.2, 0.25) is 0 Å². The van der Waals surface area contributed by atoms with Gasteiger partial charge in [0.25, 0.3) is 0 Å². The van der Waals surface area contributed by atoms with Crippen molar-refractivity contribution in [3.8, 4) is 0 Å². The summed E-state index contributed by atoms with van der Waals surface area (Å²) < 4.78 is 5.54. The minimum absolute atomic E-state index is 0.287. The van der Waals surface area contributed by atoms with Gasteiger partial charge < -0.3 is 9.73 Å². The highest BCUT2D eigenvalue weighted by Gasteiger charge is 2.12. The van der Waals surface area contributed by atoms with Crippen LogP contribution in [0.25, 0.3) is 0 Å². The monoisotopic (exact) mass is 250 g/mol. The topological polar surface area (TPSA) is 38.1 Å². The first-order valence-electron chi connectivity index (χ1n) is 5.77. The van der Waals surface area contributed by atoms with Gasteiger partial charge >= 0.3 is 0 Å². The van der Waals surface area contributed by atoms with E-state index in [1.165, 1.54) is 5.56 Å². The van der Waals surface area contributed by atoms with Gasteiger partial charge in [-0.15, -0.1) is 11.3 Å². The summed E-state index contributed by atoms with van der Waals surface area (Å²) in [5.41, 5.74) is 2.34. The zero-order chi connectivity index (χ0) is 12.4. The Kier molecular flexibility index (Phi) is 3.64. The zero-order valence-electron chi connectivity index (χ0n) is 10.7. The molecule has 3 nitrogen and oxygen atoms in total. The molecule has 0 aliphatic rings. The van der Waals surface area contributed by atoms with E-state index in [2.05, 4.69) is 28.7 Å². The minimum Gasteiger partial charge on any atom is -0.466 e. The smallest absolute Gasteiger partial charge is 0.105 e. The molecule has 0 spiro atoms. The lowest BCUT2D eigenvalue weighted by Crippen LogP contribution is -2.18. The minimum atomic E-state index is 0.287. The van der Waals surface area contributed by atoms with Crippen molar-refractivity contribution in [2.24, 2.45) is 0 Å². The Morgan fingerprint density at radius 3 is 2.71 bits per heavy atom. The van der Waals surface area contributed by atoms with Crippen LogP contribution in [0.4, 0.5) is 0 Å². The second kappa shape index (κ2) is 5.02. The number of hydrogen-bond acceptors (Lipinski definition) is 4. The Bertz CT molecular complexity index is 501. The van der Waals surface area contributed by atoms with Crippen molar-refractivity contribution in [3.05, 3.63) is 39.2 Å². The molecule has 1 unspecified atom stereocenters. The molecule has 0 radical (unpaired) electrons. The van der Waals surface area contributed by atoms with E-state index in [1.807, 2.05) is 20.8 Å². The van der Waals surface area contributed by atoms with Crippen LogP contribution in [0, 0.1) is 20.8 Å². The number of hydrogen-bond donors (Lipinski definition) is 1. The predicted molar refractivity (Wildman–Crippen MR) is 70.3 cm³/mol. The van der Waals surface area contributed by atoms with Crippen molar-refractivity contribution >= 4 is 11.3 Å². The molecule has 0 fully saturated rings. The van der Waals surface area contributed by atoms with Crippen molar-refractivity contribution in [1.29, 1.82) is 0 Å². The van der Waals surface area contributed by atoms with Crippen LogP contribution < -0.4 is 5.32 Å². The van der Waals surface area contributed by atoms with Gasteiger partial charge in [-0.2, -0.15) is 0 Å². The number of furan rings is 1. The number of aromatic nitrogens is 1. The van der Waals surface area contributed by atoms with Crippen LogP contribution in [0.1, 0.15) is 40.8 Å². The van der Waals surface area contributed by atoms with Crippen molar-refractivity contribution in [3.63, 3.8) is 0 Å². The molecule has 0 amide bonds. The molecule has 2 aromatic rings. The van der Waals surface area contributed by atoms with Gasteiger partial charge in [-0.1, -0.05) is 0 Å². The molecule has 0 saturated heterocycles. The molecule has 2 heterocycles. The summed E-state index contributed by atoms with van der Waals surface area (Å²) in [6.07, 6.45) is 0. The Hall–Kier alpha value is -1.13. The largest absolute Gasteiger partial charge is 0.466 e. The van der Waals surface area contributed by atoms with Crippen molar-refractivity contribution in [2.75, 3.05) is 0 Å². The van der Waals surface area contributed by atoms with Crippen molar-refractivity contribution in [1.82, 2.24) is 10.3 Å². The van der Waals surface area contributed by atoms with E-state index in [0.717, 1.165) is 28.8 Å². The molecule has 4 heteroatoms. The number of aryl methyl sites for hydroxylation is 3. The standard InChI is InChI=1S/C13H18N2OS/c1-8-5-13(10(3)16-8)9(2)14-6-12-7-17-11(4)15-12/h5,7,9,14H,6H2,1-4H3. The summed E-state index contributed by atoms with van der Waals surface area (Å²) in [4.78, 5) is 4.44. The van der Waals surface area contributed by atoms with Gasteiger partial charge in [0.15, 0.2) is 0 Å². The van der Waals surface area contributed by atoms with E-state index in [1.54, 1.807) is 11.3 Å². The molecule has 2 rings (SSSR count). The lowest BCUT2D eigenvalue weighted by Gasteiger charge is -2.11. The number of rotatable bonds is 4. The molecule has 1 atom stereocenters. The summed E-state index contributed by atoms with van der Waals surface area (Å²) in [7, 11) is 0. The Morgan fingerprint density at radius 1 is 1.41 bits per heavy atom. The Morgan fingerprint density at radius 2 is 2.18 bits per heavy atom. The summed E-state index contributed by atoms with van der Waals surface area (Å²) >= 11 is 1.69. The van der Waals surface area contributed by atoms with Gasteiger partial charge in [0.1, 0.15) is 11.5 Å². The molecule has 1 N–H and O–H groups in total. The van der Waals surface area contributed by atoms with E-state index < -0.39 is 0 Å². The molecule has 0 aromatic carbocycles. The summed E-state index contributed by atoms with van der Waals surface area (Å²) in [6.45, 7) is 8.97. The first kappa shape index (κ1) is 12.3. The molecule has 0 aliphatic heterocycles. The van der Waals surface area contributed by atoms with Gasteiger partial charge in [-0.3, -0.25) is 0 Å². The third-order valence-electron chi connectivity index (χ3n) is 2.80. The average Bonchev–Trinajstić information content (AvgIpc) is 2.81. The van der Waals surface area contributed by atoms with Crippen LogP contribution in [0.3, 0.4) is 0 Å². The van der Waals surface area contributed by atoms with Gasteiger partial charge in [-0.25, -0.2) is 4.98 Å². The highest BCUT2D eigenvalue weighted by atomic mass is 32.1. The van der Waals surface area contributed by atoms with Crippen LogP contribution in [0.2, 0.25) is 0 Å². The fourth-order valence-electron chi connectivity index (χ4n) is 1.94. The first-order chi connectivity index (χ1) is 8.06. The maximum atomic E-state index is 5.54. The molecule has 2 aromatic heterocycles. The Labute approximate surface area is 106 Å². The van der Waals surface area contributed by atoms with Crippen LogP contribution in [-0.4, -0.2) is 4.98 Å². The zero-order valence-corrected chi connectivity index (χ0v) is 11.5. The van der Waals surface area contributed by atoms with Crippen LogP contribution in [-0.2, 0) is 6.54 Å². The van der Waals surface area contributed by atoms with E-state index in [4.69, 9.17) is 4.42 Å². The predicted octanol–water partition coefficient (Wildman–Crippen LogP) is 3.51. The lowest BCUT2D eigenvalue weighted by molar-refractivity contribution is 0.489. The van der Waals surface area contributed by atoms with Crippen molar-refractivity contribution in [2.45, 2.75) is 40.3 Å². The highest BCUT2D eigenvalue weighted by Crippen LogP contribution is 2.21. The van der Waals surface area contributed by atoms with Gasteiger partial charge in [0, 0.05) is 23.5 Å². The lowest BCUT2D eigenvalue weighted by atomic mass is 10.1. The number of nitrogens with one attached hydrogen (secondary N) is 1. The SMILES string of the molecule is Cc1cc(C(C)NCc2csc(C)n2)c(C)o1. The highest BCUT2D eigenvalue weighted by molar-refractivity contribution is 7.09. The van der Waals surface area contributed by atoms with Crippen LogP contribution >= 0.6 is 11.3 Å². The molecule has 0 aliphatic carbocycles. The summed E-state index contributed by atoms with van der Waals surface area (Å²) in [5, 5.41) is 6.68. The molecule has 92 valence electrons. The first-order valence-corrected chi connectivity index (χ1v) is 6.65. The van der Waals surface area contributed by atoms with E-state index in [0.29, 0.717) is 0 Å². The number of thiazole rings is 1. The van der Waals surface area contributed by atoms with E-state index in [-0.39, 0.29) is 6.04 Å². The van der Waals surface area contributed by atoms with Crippen LogP contribution in [0.15, 0.2) is 15.9 Å². The molecule has 17 heavy (non-hydrogen) atoms. The summed E-state index contributed by atoms with van der Waals surface area (Å²) in [6, 6.07) is 2.38. The van der Waals surface area contributed by atoms with E-state index in [9.17, 15) is 0 Å². The maximum Gasteiger partial charge on any atom is 0.105 e. The summed E-state index contributed by atoms with van der Waals surface area (Å²) in [5.74, 6) is 1.97. The quantitative estimate of drug-likeness (QED) is 0.902. The fourth-order valence-corrected chi connectivity index (χ4v) is 2.55. The normalized spacial score (nSPS) is 12.9. The van der Waals surface area contributed by atoms with Crippen molar-refractivity contribution < 1.29 is 4.42 Å². The maximum absolute atomic E-state index is 5.54. The van der Waals surface area contributed by atoms with E-state index >= 15 is 0 Å². The van der Waals surface area contributed by atoms with Gasteiger partial charge in [0.05, 0.1) is 10.7 Å². The number of nitrogens with zero attached hydrogens (tertiary/aromatic N) is 1. The fraction of sp³-hybridized carbons (Fsp3) is 0.462. The van der Waals surface area contributed by atoms with Crippen LogP contribution in [0.5, 0.6) is 0 Å². The third kappa shape index (κ3) is 2.96. The molecule has 0 bridgehead atoms. The molecular weight excluding hydrogens is 232 g/mol. The Balaban J connectivity index is 1.97. The molecule has 0 saturated carbocycles. The molecular formula is C13H18N2OS. The average molecular weight is 250 g/mol. The third-order valence-corrected chi connectivity index (χ3v) is 3.62. The van der Waals surface area contributed by atoms with Gasteiger partial charge in [-0.05, 0) is 33.8 Å².